The molecule has 0 bridgehead atoms. The van der Waals surface area contributed by atoms with E-state index < -0.39 is 10.0 Å². The molecule has 0 fully saturated rings. The minimum Gasteiger partial charge on any atom is -0.244 e. The smallest absolute Gasteiger partial charge is 0.238 e. The lowest BCUT2D eigenvalue weighted by Crippen LogP contribution is -2.13. The number of sulfonamides is 1. The molecule has 84 valence electrons. The Hall–Kier alpha value is -1.73. The molecule has 0 spiro atoms. The van der Waals surface area contributed by atoms with Crippen molar-refractivity contribution >= 4 is 10.0 Å². The van der Waals surface area contributed by atoms with Gasteiger partial charge in [0.15, 0.2) is 0 Å². The van der Waals surface area contributed by atoms with Crippen LogP contribution in [0.4, 0.5) is 0 Å². The first-order chi connectivity index (χ1) is 7.50. The van der Waals surface area contributed by atoms with E-state index in [9.17, 15) is 8.42 Å². The Kier molecular flexibility index (Phi) is 2.49. The summed E-state index contributed by atoms with van der Waals surface area (Å²) in [6.07, 6.45) is 0. The van der Waals surface area contributed by atoms with Gasteiger partial charge in [0.2, 0.25) is 10.0 Å². The van der Waals surface area contributed by atoms with E-state index in [4.69, 9.17) is 5.14 Å². The van der Waals surface area contributed by atoms with Crippen molar-refractivity contribution in [3.63, 3.8) is 0 Å². The van der Waals surface area contributed by atoms with Crippen molar-refractivity contribution < 1.29 is 13.0 Å². The zero-order chi connectivity index (χ0) is 11.8. The van der Waals surface area contributed by atoms with Crippen LogP contribution in [0.3, 0.4) is 0 Å². The van der Waals surface area contributed by atoms with E-state index in [1.807, 2.05) is 0 Å². The molecule has 0 aliphatic heterocycles. The third kappa shape index (κ3) is 1.82. The molecule has 1 aromatic heterocycles. The highest BCUT2D eigenvalue weighted by Gasteiger charge is 2.18. The first-order valence-corrected chi connectivity index (χ1v) is 5.96. The van der Waals surface area contributed by atoms with Gasteiger partial charge < -0.3 is 0 Å². The predicted molar refractivity (Wildman–Crippen MR) is 55.8 cm³/mol. The lowest BCUT2D eigenvalue weighted by Gasteiger charge is -2.03. The number of hydrogen-bond donors (Lipinski definition) is 1. The van der Waals surface area contributed by atoms with Crippen LogP contribution in [0.15, 0.2) is 33.8 Å². The van der Waals surface area contributed by atoms with Gasteiger partial charge in [0, 0.05) is 5.56 Å². The van der Waals surface area contributed by atoms with Gasteiger partial charge in [0.25, 0.3) is 0 Å². The van der Waals surface area contributed by atoms with Crippen molar-refractivity contribution in [2.75, 3.05) is 0 Å². The average Bonchev–Trinajstić information content (AvgIpc) is 2.63. The quantitative estimate of drug-likeness (QED) is 0.831. The number of aryl methyl sites for hydroxylation is 1. The summed E-state index contributed by atoms with van der Waals surface area (Å²) in [7, 11) is -3.79. The number of rotatable bonds is 2. The first kappa shape index (κ1) is 10.8. The Balaban J connectivity index is 2.72. The van der Waals surface area contributed by atoms with Crippen LogP contribution in [0.25, 0.3) is 11.3 Å². The summed E-state index contributed by atoms with van der Waals surface area (Å²) in [5, 5.41) is 12.4. The minimum atomic E-state index is -3.79. The first-order valence-electron chi connectivity index (χ1n) is 4.41. The van der Waals surface area contributed by atoms with Crippen LogP contribution in [0.5, 0.6) is 0 Å². The largest absolute Gasteiger partial charge is 0.244 e. The van der Waals surface area contributed by atoms with Gasteiger partial charge in [0.1, 0.15) is 11.4 Å². The molecule has 0 unspecified atom stereocenters. The summed E-state index contributed by atoms with van der Waals surface area (Å²) in [5.41, 5.74) is 1.28. The summed E-state index contributed by atoms with van der Waals surface area (Å²) >= 11 is 0. The highest BCUT2D eigenvalue weighted by molar-refractivity contribution is 7.89. The van der Waals surface area contributed by atoms with Crippen molar-refractivity contribution in [1.82, 2.24) is 10.3 Å². The molecule has 0 amide bonds. The SMILES string of the molecule is Cc1nonc1-c1ccccc1S(N)(=O)=O. The topological polar surface area (TPSA) is 99.1 Å². The second-order valence-corrected chi connectivity index (χ2v) is 4.77. The van der Waals surface area contributed by atoms with Crippen LogP contribution in [0.1, 0.15) is 5.69 Å². The van der Waals surface area contributed by atoms with Crippen molar-refractivity contribution in [2.45, 2.75) is 11.8 Å². The molecule has 6 nitrogen and oxygen atoms in total. The Labute approximate surface area is 92.1 Å². The fraction of sp³-hybridized carbons (Fsp3) is 0.111. The van der Waals surface area contributed by atoms with Crippen molar-refractivity contribution in [3.05, 3.63) is 30.0 Å². The van der Waals surface area contributed by atoms with Crippen LogP contribution < -0.4 is 5.14 Å². The standard InChI is InChI=1S/C9H9N3O3S/c1-6-9(12-15-11-6)7-4-2-3-5-8(7)16(10,13)14/h2-5H,1H3,(H2,10,13,14). The van der Waals surface area contributed by atoms with E-state index in [2.05, 4.69) is 14.9 Å². The normalized spacial score (nSPS) is 11.6. The molecule has 1 heterocycles. The van der Waals surface area contributed by atoms with E-state index in [1.165, 1.54) is 6.07 Å². The Morgan fingerprint density at radius 1 is 1.25 bits per heavy atom. The highest BCUT2D eigenvalue weighted by atomic mass is 32.2. The number of hydrogen-bond acceptors (Lipinski definition) is 5. The number of nitrogens with two attached hydrogens (primary N) is 1. The summed E-state index contributed by atoms with van der Waals surface area (Å²) in [6.45, 7) is 1.67. The molecule has 0 aliphatic rings. The molecule has 2 N–H and O–H groups in total. The second-order valence-electron chi connectivity index (χ2n) is 3.24. The lowest BCUT2D eigenvalue weighted by molar-refractivity contribution is 0.306. The van der Waals surface area contributed by atoms with E-state index in [-0.39, 0.29) is 4.90 Å². The highest BCUT2D eigenvalue weighted by Crippen LogP contribution is 2.26. The molecular weight excluding hydrogens is 230 g/mol. The molecule has 0 saturated carbocycles. The lowest BCUT2D eigenvalue weighted by atomic mass is 10.1. The molecular formula is C9H9N3O3S. The van der Waals surface area contributed by atoms with Gasteiger partial charge in [-0.25, -0.2) is 18.2 Å². The Bertz CT molecular complexity index is 618. The molecule has 2 rings (SSSR count). The maximum absolute atomic E-state index is 11.4. The Morgan fingerprint density at radius 3 is 2.50 bits per heavy atom. The van der Waals surface area contributed by atoms with Crippen LogP contribution in [0, 0.1) is 6.92 Å². The number of nitrogens with zero attached hydrogens (tertiary/aromatic N) is 2. The summed E-state index contributed by atoms with van der Waals surface area (Å²) in [5.74, 6) is 0. The second kappa shape index (κ2) is 3.69. The van der Waals surface area contributed by atoms with Gasteiger partial charge in [-0.15, -0.1) is 0 Å². The van der Waals surface area contributed by atoms with Gasteiger partial charge in [-0.1, -0.05) is 23.4 Å². The van der Waals surface area contributed by atoms with Crippen molar-refractivity contribution in [2.24, 2.45) is 5.14 Å². The van der Waals surface area contributed by atoms with E-state index in [0.717, 1.165) is 0 Å². The van der Waals surface area contributed by atoms with Crippen LogP contribution in [-0.2, 0) is 10.0 Å². The van der Waals surface area contributed by atoms with Crippen LogP contribution in [-0.4, -0.2) is 18.7 Å². The van der Waals surface area contributed by atoms with Crippen molar-refractivity contribution in [3.8, 4) is 11.3 Å². The summed E-state index contributed by atoms with van der Waals surface area (Å²) < 4.78 is 27.3. The molecule has 0 aliphatic carbocycles. The van der Waals surface area contributed by atoms with E-state index >= 15 is 0 Å². The molecule has 0 radical (unpaired) electrons. The number of aromatic nitrogens is 2. The molecule has 0 atom stereocenters. The monoisotopic (exact) mass is 239 g/mol. The van der Waals surface area contributed by atoms with Crippen molar-refractivity contribution in [1.29, 1.82) is 0 Å². The minimum absolute atomic E-state index is 0.00815. The van der Waals surface area contributed by atoms with E-state index in [1.54, 1.807) is 25.1 Å². The van der Waals surface area contributed by atoms with E-state index in [0.29, 0.717) is 17.0 Å². The number of primary sulfonamides is 1. The summed E-state index contributed by atoms with van der Waals surface area (Å²) in [6, 6.07) is 6.30. The predicted octanol–water partition coefficient (Wildman–Crippen LogP) is 0.692. The Morgan fingerprint density at radius 2 is 1.94 bits per heavy atom. The van der Waals surface area contributed by atoms with Crippen LogP contribution >= 0.6 is 0 Å². The number of benzene rings is 1. The van der Waals surface area contributed by atoms with Crippen LogP contribution in [0.2, 0.25) is 0 Å². The molecule has 1 aromatic carbocycles. The third-order valence-corrected chi connectivity index (χ3v) is 3.07. The third-order valence-electron chi connectivity index (χ3n) is 2.10. The van der Waals surface area contributed by atoms with Gasteiger partial charge >= 0.3 is 0 Å². The molecule has 2 aromatic rings. The van der Waals surface area contributed by atoms with Gasteiger partial charge in [-0.05, 0) is 18.1 Å². The zero-order valence-corrected chi connectivity index (χ0v) is 9.23. The maximum Gasteiger partial charge on any atom is 0.238 e. The molecule has 7 heteroatoms. The van der Waals surface area contributed by atoms with Gasteiger partial charge in [-0.2, -0.15) is 0 Å². The average molecular weight is 239 g/mol. The molecule has 16 heavy (non-hydrogen) atoms. The van der Waals surface area contributed by atoms with Gasteiger partial charge in [0.05, 0.1) is 4.90 Å². The molecule has 0 saturated heterocycles. The fourth-order valence-corrected chi connectivity index (χ4v) is 2.13. The fourth-order valence-electron chi connectivity index (χ4n) is 1.39. The zero-order valence-electron chi connectivity index (χ0n) is 8.41. The van der Waals surface area contributed by atoms with Gasteiger partial charge in [-0.3, -0.25) is 0 Å². The maximum atomic E-state index is 11.4. The summed E-state index contributed by atoms with van der Waals surface area (Å²) in [4.78, 5) is 0.00815.